The Hall–Kier alpha value is -8.17. The van der Waals surface area contributed by atoms with E-state index >= 15 is 0 Å². The standard InChI is InChI=1S/C19H22N2O4.C17H24N2O6.C14H22N2O4.C13H18N2O4.C13H17NO4/c22-18(16-14-6-7-15(25-14)17(16)19(23)24)21-10-8-20(9-11-21)12-13-4-2-1-3-5-13;1-17(2,3)25-16(23)19-8-6-18(7-9-19)14(20)12-10-4-5-11(24-10)13(12)15(21)22;1-2-15-5-7-16(8-6-15)13(17)11-9-3-4-10(20-9)12(11)14(18)19;1-14-4-6-15(7-5-14)12(16)10-8-2-3-9(19-8)11(10)13(17)18;15-12(14-6-2-1-3-7-14)10-8-4-5-9(18-8)11(10)13(16)17/h1-7,14-17H,8-12H2,(H,23,24);4-5,10-13H,6-9H2,1-3H3,(H,21,22);9-12H,2-8H2,1H3,(H,18,19);2-3,8-11H,4-7H2,1H3,(H,17,18);4-5,8-11H,1-3,6-7H2,(H,16,17)/p-3/t14-,15+,16?,17?;10-,11+,12?,13?;9-,10+,11?,12?;2*8-,9+,10?,11?/m00000/s1. The van der Waals surface area contributed by atoms with E-state index in [0.29, 0.717) is 65.4 Å². The van der Waals surface area contributed by atoms with Crippen LogP contribution in [0.2, 0.25) is 0 Å². The molecule has 10 unspecified atom stereocenters. The van der Waals surface area contributed by atoms with Crippen LogP contribution in [0.4, 0.5) is 4.79 Å². The van der Waals surface area contributed by atoms with Crippen molar-refractivity contribution in [1.82, 2.24) is 39.2 Å². The third-order valence-electron chi connectivity index (χ3n) is 23.6. The number of rotatable bonds is 13. The number of carboxylic acid groups (broad SMARTS) is 5. The number of piperidine rings is 1. The van der Waals surface area contributed by atoms with E-state index in [-0.39, 0.29) is 47.8 Å². The van der Waals surface area contributed by atoms with E-state index < -0.39 is 143 Å². The van der Waals surface area contributed by atoms with Crippen molar-refractivity contribution in [1.29, 1.82) is 0 Å². The van der Waals surface area contributed by atoms with E-state index in [1.165, 1.54) is 10.5 Å². The van der Waals surface area contributed by atoms with Gasteiger partial charge in [0.05, 0.1) is 124 Å². The van der Waals surface area contributed by atoms with Gasteiger partial charge < -0.3 is 112 Å². The Morgan fingerprint density at radius 1 is 0.411 bits per heavy atom. The van der Waals surface area contributed by atoms with Crippen molar-refractivity contribution in [3.8, 4) is 0 Å². The van der Waals surface area contributed by atoms with Crippen LogP contribution in [0.5, 0.6) is 0 Å². The number of carboxylic acids is 5. The summed E-state index contributed by atoms with van der Waals surface area (Å²) in [6, 6.07) is 10.2. The van der Waals surface area contributed by atoms with E-state index in [0.717, 1.165) is 97.6 Å². The number of carbonyl (C=O) groups is 11. The summed E-state index contributed by atoms with van der Waals surface area (Å²) in [5.41, 5.74) is 0.692. The van der Waals surface area contributed by atoms with Crippen LogP contribution in [-0.4, -0.2) is 308 Å². The van der Waals surface area contributed by atoms with Crippen LogP contribution in [-0.2, 0) is 82.9 Å². The zero-order chi connectivity index (χ0) is 76.3. The quantitative estimate of drug-likeness (QED) is 0.175. The molecule has 584 valence electrons. The minimum atomic E-state index is -1.20. The van der Waals surface area contributed by atoms with Crippen LogP contribution >= 0.6 is 0 Å². The topological polar surface area (TPSA) is 386 Å². The van der Waals surface area contributed by atoms with Crippen molar-refractivity contribution in [3.63, 3.8) is 0 Å². The van der Waals surface area contributed by atoms with E-state index in [4.69, 9.17) is 28.4 Å². The largest absolute Gasteiger partial charge is 0.550 e. The summed E-state index contributed by atoms with van der Waals surface area (Å²) in [5, 5.41) is 54.6. The van der Waals surface area contributed by atoms with Crippen LogP contribution in [0.25, 0.3) is 0 Å². The number of hydrogen-bond donors (Lipinski definition) is 2. The Balaban J connectivity index is 0.000000126. The Bertz CT molecular complexity index is 3570. The Morgan fingerprint density at radius 2 is 0.738 bits per heavy atom. The molecule has 6 amide bonds. The number of nitrogens with one attached hydrogen (secondary N) is 1. The maximum Gasteiger partial charge on any atom is 0.410 e. The summed E-state index contributed by atoms with van der Waals surface area (Å²) < 4.78 is 33.1. The SMILES string of the molecule is CC(C)(C)OC(=O)N1CCN(C(=O)C2C(C(=O)O)[C@H]3C=C[C@@H]2O3)CC1.CCN1CCN(C(=O)C2C(C(=O)[O-])[C@H]3CC[C@@H]2O3)CC1.C[NH+]1CCN(C(=O)C2C(C(=O)[O-])[C@H]3C=C[C@@H]2O3)CC1.O=C([O-])C1C(C(=O)N2CCCCC2)[C@@H]2C=C[C@H]1O2.O=C([O-])C1C(C(=O)N2CCN(Cc3ccccc3)CC2)[C@@H]2C=C[C@H]1O2. The molecule has 1 aromatic rings. The van der Waals surface area contributed by atoms with Crippen molar-refractivity contribution < 1.29 is 112 Å². The van der Waals surface area contributed by atoms with Gasteiger partial charge in [0.1, 0.15) is 11.5 Å². The average Bonchev–Trinajstić information content (AvgIpc) is 1.65. The molecule has 2 N–H and O–H groups in total. The molecule has 0 radical (unpaired) electrons. The predicted molar refractivity (Wildman–Crippen MR) is 367 cm³/mol. The van der Waals surface area contributed by atoms with Gasteiger partial charge in [0, 0.05) is 146 Å². The molecule has 15 aliphatic heterocycles. The lowest BCUT2D eigenvalue weighted by molar-refractivity contribution is -0.883. The highest BCUT2D eigenvalue weighted by Crippen LogP contribution is 2.46. The highest BCUT2D eigenvalue weighted by molar-refractivity contribution is 5.90. The second-order valence-corrected chi connectivity index (χ2v) is 31.3. The number of piperazine rings is 4. The van der Waals surface area contributed by atoms with Crippen molar-refractivity contribution >= 4 is 65.5 Å². The zero-order valence-corrected chi connectivity index (χ0v) is 61.3. The Kier molecular flexibility index (Phi) is 24.7. The first kappa shape index (κ1) is 78.4. The lowest BCUT2D eigenvalue weighted by atomic mass is 9.78. The predicted octanol–water partition coefficient (Wildman–Crippen LogP) is -4.95. The molecule has 20 atom stereocenters. The summed E-state index contributed by atoms with van der Waals surface area (Å²) in [4.78, 5) is 148. The number of aliphatic carboxylic acids is 5. The number of nitrogens with zero attached hydrogens (tertiary/aromatic N) is 8. The van der Waals surface area contributed by atoms with Crippen LogP contribution in [0, 0.1) is 59.2 Å². The average molecular weight is 1490 g/mol. The first-order valence-corrected chi connectivity index (χ1v) is 38.0. The van der Waals surface area contributed by atoms with Gasteiger partial charge in [-0.3, -0.25) is 33.7 Å². The van der Waals surface area contributed by atoms with Gasteiger partial charge in [0.2, 0.25) is 29.5 Å². The molecule has 0 saturated carbocycles. The molecule has 16 rings (SSSR count). The van der Waals surface area contributed by atoms with Crippen molar-refractivity contribution in [2.45, 2.75) is 133 Å². The first-order chi connectivity index (χ1) is 51.2. The lowest BCUT2D eigenvalue weighted by Gasteiger charge is -2.38. The number of quaternary nitrogens is 1. The molecule has 31 heteroatoms. The number of fused-ring (bicyclic) bond motifs is 10. The highest BCUT2D eigenvalue weighted by atomic mass is 16.6. The highest BCUT2D eigenvalue weighted by Gasteiger charge is 2.58. The molecule has 15 heterocycles. The van der Waals surface area contributed by atoms with Crippen molar-refractivity contribution in [2.24, 2.45) is 59.2 Å². The molecule has 107 heavy (non-hydrogen) atoms. The van der Waals surface area contributed by atoms with E-state index in [1.807, 2.05) is 18.2 Å². The molecule has 1 aromatic carbocycles. The molecule has 31 nitrogen and oxygen atoms in total. The fourth-order valence-electron chi connectivity index (χ4n) is 17.8. The molecule has 0 spiro atoms. The van der Waals surface area contributed by atoms with E-state index in [2.05, 4.69) is 35.9 Å². The molecule has 11 fully saturated rings. The van der Waals surface area contributed by atoms with Gasteiger partial charge in [-0.1, -0.05) is 85.9 Å². The number of carbonyl (C=O) groups excluding carboxylic acids is 10. The maximum atomic E-state index is 12.9. The van der Waals surface area contributed by atoms with Gasteiger partial charge in [-0.15, -0.1) is 0 Å². The van der Waals surface area contributed by atoms with Gasteiger partial charge in [-0.25, -0.2) is 4.79 Å². The van der Waals surface area contributed by atoms with Gasteiger partial charge in [0.25, 0.3) is 0 Å². The second-order valence-electron chi connectivity index (χ2n) is 31.3. The minimum absolute atomic E-state index is 0.0536. The summed E-state index contributed by atoms with van der Waals surface area (Å²) in [5.74, 6) is -13.5. The van der Waals surface area contributed by atoms with E-state index in [9.17, 15) is 78.3 Å². The molecular formula is C76H100N9O22-3. The summed E-state index contributed by atoms with van der Waals surface area (Å²) >= 11 is 0. The van der Waals surface area contributed by atoms with Crippen molar-refractivity contribution in [2.75, 3.05) is 131 Å². The normalized spacial score (nSPS) is 34.8. The maximum absolute atomic E-state index is 12.9. The van der Waals surface area contributed by atoms with Crippen LogP contribution < -0.4 is 25.3 Å². The van der Waals surface area contributed by atoms with Crippen LogP contribution in [0.1, 0.15) is 65.4 Å². The number of likely N-dealkylation sites (tertiary alicyclic amines) is 1. The van der Waals surface area contributed by atoms with Gasteiger partial charge in [-0.05, 0) is 65.0 Å². The molecule has 0 aliphatic carbocycles. The summed E-state index contributed by atoms with van der Waals surface area (Å²) in [6.07, 6.45) is 14.1. The van der Waals surface area contributed by atoms with E-state index in [1.54, 1.807) is 98.8 Å². The monoisotopic (exact) mass is 1490 g/mol. The van der Waals surface area contributed by atoms with Crippen LogP contribution in [0.3, 0.4) is 0 Å². The fraction of sp³-hybridized carbons (Fsp3) is 0.671. The second kappa shape index (κ2) is 33.8. The summed E-state index contributed by atoms with van der Waals surface area (Å²) in [6.45, 7) is 21.4. The van der Waals surface area contributed by atoms with Gasteiger partial charge in [-0.2, -0.15) is 0 Å². The number of benzene rings is 1. The smallest absolute Gasteiger partial charge is 0.410 e. The zero-order valence-electron chi connectivity index (χ0n) is 61.3. The van der Waals surface area contributed by atoms with Crippen molar-refractivity contribution in [3.05, 3.63) is 84.5 Å². The first-order valence-electron chi connectivity index (χ1n) is 38.0. The van der Waals surface area contributed by atoms with Gasteiger partial charge in [0.15, 0.2) is 0 Å². The number of ether oxygens (including phenoxy) is 6. The van der Waals surface area contributed by atoms with Gasteiger partial charge >= 0.3 is 12.1 Å². The third kappa shape index (κ3) is 17.3. The third-order valence-corrected chi connectivity index (χ3v) is 23.6. The minimum Gasteiger partial charge on any atom is -0.550 e. The lowest BCUT2D eigenvalue weighted by Crippen LogP contribution is -3.12. The molecule has 11 saturated heterocycles. The number of hydrogen-bond acceptors (Lipinski definition) is 23. The molecule has 10 bridgehead atoms. The number of likely N-dealkylation sites (N-methyl/N-ethyl adjacent to an activating group) is 2. The molecule has 0 aromatic heterocycles. The molecular weight excluding hydrogens is 1390 g/mol. The van der Waals surface area contributed by atoms with Crippen LogP contribution in [0.15, 0.2) is 78.9 Å². The summed E-state index contributed by atoms with van der Waals surface area (Å²) in [7, 11) is 2.09. The fourth-order valence-corrected chi connectivity index (χ4v) is 17.8. The Labute approximate surface area is 621 Å². The number of amides is 6. The Morgan fingerprint density at radius 3 is 1.12 bits per heavy atom. The molecule has 15 aliphatic rings.